The van der Waals surface area contributed by atoms with Crippen LogP contribution >= 0.6 is 0 Å². The first kappa shape index (κ1) is 23.5. The largest absolute Gasteiger partial charge is 1.00 e. The third kappa shape index (κ3) is 8.59. The first-order valence-electron chi connectivity index (χ1n) is 7.57. The maximum absolute atomic E-state index is 12.0. The van der Waals surface area contributed by atoms with E-state index in [-0.39, 0.29) is 30.7 Å². The fourth-order valence-electron chi connectivity index (χ4n) is 2.26. The second-order valence-corrected chi connectivity index (χ2v) is 5.45. The van der Waals surface area contributed by atoms with Gasteiger partial charge in [-0.2, -0.15) is 0 Å². The van der Waals surface area contributed by atoms with Crippen LogP contribution in [0.4, 0.5) is 5.69 Å². The summed E-state index contributed by atoms with van der Waals surface area (Å²) >= 11 is 0. The van der Waals surface area contributed by atoms with Crippen LogP contribution in [0.25, 0.3) is 0 Å². The van der Waals surface area contributed by atoms with Crippen molar-refractivity contribution in [3.05, 3.63) is 29.8 Å². The van der Waals surface area contributed by atoms with Crippen LogP contribution in [0, 0.1) is 6.92 Å². The number of quaternary nitrogens is 2. The topological polar surface area (TPSA) is 38.0 Å². The molecule has 0 fully saturated rings. The van der Waals surface area contributed by atoms with Crippen molar-refractivity contribution >= 4 is 11.6 Å². The summed E-state index contributed by atoms with van der Waals surface area (Å²) in [5.41, 5.74) is 2.02. The summed E-state index contributed by atoms with van der Waals surface area (Å²) in [7, 11) is 2.08. The van der Waals surface area contributed by atoms with Crippen LogP contribution < -0.4 is 39.9 Å². The van der Waals surface area contributed by atoms with Gasteiger partial charge in [0.05, 0.1) is 20.1 Å². The molecule has 0 aliphatic heterocycles. The molecule has 0 aromatic heterocycles. The number of para-hydroxylation sites is 1. The molecular weight excluding hydrogens is 321 g/mol. The second-order valence-electron chi connectivity index (χ2n) is 5.45. The number of benzene rings is 1. The Morgan fingerprint density at radius 1 is 1.09 bits per heavy atom. The molecule has 0 spiro atoms. The van der Waals surface area contributed by atoms with Crippen molar-refractivity contribution in [2.75, 3.05) is 45.1 Å². The molecule has 4 nitrogen and oxygen atoms in total. The van der Waals surface area contributed by atoms with Gasteiger partial charge in [0, 0.05) is 5.69 Å². The Bertz CT molecular complexity index is 426. The van der Waals surface area contributed by atoms with Gasteiger partial charge in [-0.1, -0.05) is 18.2 Å². The van der Waals surface area contributed by atoms with Crippen molar-refractivity contribution in [3.63, 3.8) is 0 Å². The van der Waals surface area contributed by atoms with Gasteiger partial charge in [-0.25, -0.2) is 0 Å². The molecule has 1 amide bonds. The SMILES string of the molecule is CC[NH+](CC)CC[NH+](C)CC(=O)Nc1ccccc1C.[Cl-].[Cl-]. The van der Waals surface area contributed by atoms with Crippen LogP contribution in [0.1, 0.15) is 19.4 Å². The average Bonchev–Trinajstić information content (AvgIpc) is 2.42. The van der Waals surface area contributed by atoms with E-state index in [4.69, 9.17) is 0 Å². The molecule has 128 valence electrons. The lowest BCUT2D eigenvalue weighted by atomic mass is 10.2. The Balaban J connectivity index is 0. The van der Waals surface area contributed by atoms with Crippen LogP contribution in [0.3, 0.4) is 0 Å². The molecule has 1 atom stereocenters. The van der Waals surface area contributed by atoms with Gasteiger partial charge in [-0.3, -0.25) is 4.79 Å². The molecule has 3 N–H and O–H groups in total. The molecule has 0 aliphatic carbocycles. The van der Waals surface area contributed by atoms with Crippen molar-refractivity contribution in [1.82, 2.24) is 0 Å². The van der Waals surface area contributed by atoms with E-state index >= 15 is 0 Å². The lowest BCUT2D eigenvalue weighted by Crippen LogP contribution is -3.19. The van der Waals surface area contributed by atoms with Gasteiger partial charge in [-0.05, 0) is 32.4 Å². The Hall–Kier alpha value is -0.810. The molecule has 0 saturated carbocycles. The van der Waals surface area contributed by atoms with Crippen molar-refractivity contribution in [2.24, 2.45) is 0 Å². The average molecular weight is 350 g/mol. The maximum atomic E-state index is 12.0. The summed E-state index contributed by atoms with van der Waals surface area (Å²) in [6.07, 6.45) is 0. The van der Waals surface area contributed by atoms with Gasteiger partial charge in [0.1, 0.15) is 13.1 Å². The van der Waals surface area contributed by atoms with E-state index in [0.29, 0.717) is 6.54 Å². The smallest absolute Gasteiger partial charge is 0.279 e. The minimum Gasteiger partial charge on any atom is -1.00 e. The normalized spacial score (nSPS) is 11.3. The summed E-state index contributed by atoms with van der Waals surface area (Å²) in [4.78, 5) is 14.9. The molecule has 1 unspecified atom stereocenters. The zero-order chi connectivity index (χ0) is 15.0. The third-order valence-corrected chi connectivity index (χ3v) is 3.79. The zero-order valence-electron chi connectivity index (χ0n) is 14.0. The van der Waals surface area contributed by atoms with Crippen LogP contribution in [0.2, 0.25) is 0 Å². The van der Waals surface area contributed by atoms with Gasteiger partial charge in [0.15, 0.2) is 6.54 Å². The molecule has 1 aromatic carbocycles. The van der Waals surface area contributed by atoms with E-state index in [9.17, 15) is 4.79 Å². The highest BCUT2D eigenvalue weighted by Crippen LogP contribution is 2.12. The van der Waals surface area contributed by atoms with Gasteiger partial charge in [-0.15, -0.1) is 0 Å². The van der Waals surface area contributed by atoms with Crippen molar-refractivity contribution in [3.8, 4) is 0 Å². The van der Waals surface area contributed by atoms with Crippen LogP contribution in [-0.2, 0) is 4.79 Å². The van der Waals surface area contributed by atoms with E-state index in [0.717, 1.165) is 37.4 Å². The lowest BCUT2D eigenvalue weighted by Gasteiger charge is -2.18. The molecular formula is C16H29Cl2N3O. The van der Waals surface area contributed by atoms with Gasteiger partial charge >= 0.3 is 0 Å². The zero-order valence-corrected chi connectivity index (χ0v) is 15.5. The molecule has 6 heteroatoms. The molecule has 0 bridgehead atoms. The molecule has 0 heterocycles. The molecule has 22 heavy (non-hydrogen) atoms. The number of hydrogen-bond acceptors (Lipinski definition) is 1. The summed E-state index contributed by atoms with van der Waals surface area (Å²) in [6.45, 7) is 11.4. The van der Waals surface area contributed by atoms with Crippen LogP contribution in [0.5, 0.6) is 0 Å². The highest BCUT2D eigenvalue weighted by molar-refractivity contribution is 5.92. The minimum absolute atomic E-state index is 0. The minimum atomic E-state index is 0. The first-order chi connectivity index (χ1) is 9.56. The number of anilines is 1. The quantitative estimate of drug-likeness (QED) is 0.429. The Morgan fingerprint density at radius 2 is 1.68 bits per heavy atom. The fourth-order valence-corrected chi connectivity index (χ4v) is 2.26. The van der Waals surface area contributed by atoms with Crippen LogP contribution in [-0.4, -0.2) is 45.7 Å². The van der Waals surface area contributed by atoms with Gasteiger partial charge in [0.2, 0.25) is 0 Å². The summed E-state index contributed by atoms with van der Waals surface area (Å²) in [5.74, 6) is 0.0892. The van der Waals surface area contributed by atoms with E-state index in [1.54, 1.807) is 4.90 Å². The number of halogens is 2. The predicted molar refractivity (Wildman–Crippen MR) is 83.3 cm³/mol. The standard InChI is InChI=1S/C16H27N3O.2ClH/c1-5-19(6-2)12-11-18(4)13-16(20)17-15-10-8-7-9-14(15)3;;/h7-10H,5-6,11-13H2,1-4H3,(H,17,20);2*1H. The fraction of sp³-hybridized carbons (Fsp3) is 0.562. The maximum Gasteiger partial charge on any atom is 0.279 e. The van der Waals surface area contributed by atoms with E-state index < -0.39 is 0 Å². The number of amides is 1. The summed E-state index contributed by atoms with van der Waals surface area (Å²) in [5, 5.41) is 2.99. The highest BCUT2D eigenvalue weighted by Gasteiger charge is 2.13. The van der Waals surface area contributed by atoms with Gasteiger partial charge < -0.3 is 39.9 Å². The van der Waals surface area contributed by atoms with Crippen molar-refractivity contribution in [1.29, 1.82) is 0 Å². The number of rotatable bonds is 8. The monoisotopic (exact) mass is 349 g/mol. The van der Waals surface area contributed by atoms with Crippen LogP contribution in [0.15, 0.2) is 24.3 Å². The number of hydrogen-bond donors (Lipinski definition) is 3. The van der Waals surface area contributed by atoms with Crippen molar-refractivity contribution < 1.29 is 39.4 Å². The number of aryl methyl sites for hydroxylation is 1. The molecule has 1 rings (SSSR count). The molecule has 0 aliphatic rings. The first-order valence-corrected chi connectivity index (χ1v) is 7.57. The Morgan fingerprint density at radius 3 is 2.23 bits per heavy atom. The number of likely N-dealkylation sites (N-methyl/N-ethyl adjacent to an activating group) is 2. The van der Waals surface area contributed by atoms with Gasteiger partial charge in [0.25, 0.3) is 5.91 Å². The van der Waals surface area contributed by atoms with E-state index in [2.05, 4.69) is 26.2 Å². The Labute approximate surface area is 147 Å². The summed E-state index contributed by atoms with van der Waals surface area (Å²) < 4.78 is 0. The third-order valence-electron chi connectivity index (χ3n) is 3.79. The number of carbonyl (C=O) groups excluding carboxylic acids is 1. The highest BCUT2D eigenvalue weighted by atomic mass is 35.5. The predicted octanol–water partition coefficient (Wildman–Crippen LogP) is -6.62. The summed E-state index contributed by atoms with van der Waals surface area (Å²) in [6, 6.07) is 7.89. The number of carbonyl (C=O) groups is 1. The van der Waals surface area contributed by atoms with E-state index in [1.165, 1.54) is 4.90 Å². The molecule has 1 aromatic rings. The van der Waals surface area contributed by atoms with E-state index in [1.807, 2.05) is 31.2 Å². The molecule has 0 radical (unpaired) electrons. The number of nitrogens with one attached hydrogen (secondary N) is 3. The Kier molecular flexibility index (Phi) is 13.5. The van der Waals surface area contributed by atoms with Crippen molar-refractivity contribution in [2.45, 2.75) is 20.8 Å². The second kappa shape index (κ2) is 12.7. The lowest BCUT2D eigenvalue weighted by molar-refractivity contribution is -0.943. The molecule has 0 saturated heterocycles.